The minimum atomic E-state index is -0.490. The van der Waals surface area contributed by atoms with Gasteiger partial charge in [-0.15, -0.1) is 0 Å². The zero-order valence-electron chi connectivity index (χ0n) is 29.4. The van der Waals surface area contributed by atoms with Crippen molar-refractivity contribution in [3.63, 3.8) is 0 Å². The van der Waals surface area contributed by atoms with Crippen LogP contribution in [0.25, 0.3) is 72.1 Å². The molecule has 0 fully saturated rings. The van der Waals surface area contributed by atoms with Gasteiger partial charge in [-0.1, -0.05) is 152 Å². The van der Waals surface area contributed by atoms with Crippen LogP contribution >= 0.6 is 0 Å². The van der Waals surface area contributed by atoms with Crippen molar-refractivity contribution in [1.82, 2.24) is 14.4 Å². The second-order valence-corrected chi connectivity index (χ2v) is 14.2. The van der Waals surface area contributed by atoms with Crippen molar-refractivity contribution >= 4 is 27.3 Å². The third-order valence-corrected chi connectivity index (χ3v) is 11.3. The lowest BCUT2D eigenvalue weighted by molar-refractivity contribution is 0.769. The molecule has 1 aliphatic carbocycles. The summed E-state index contributed by atoms with van der Waals surface area (Å²) in [5.41, 5.74) is 15.5. The van der Waals surface area contributed by atoms with Crippen LogP contribution in [-0.2, 0) is 5.41 Å². The number of benzene rings is 7. The van der Waals surface area contributed by atoms with Crippen molar-refractivity contribution in [2.45, 2.75) is 5.41 Å². The zero-order valence-corrected chi connectivity index (χ0v) is 29.4. The molecular weight excluding hydrogens is 655 g/mol. The maximum atomic E-state index is 5.44. The first-order chi connectivity index (χ1) is 26.8. The normalized spacial score (nSPS) is 13.0. The van der Waals surface area contributed by atoms with E-state index in [-0.39, 0.29) is 0 Å². The molecule has 54 heavy (non-hydrogen) atoms. The number of fused-ring (bicyclic) bond motifs is 7. The molecule has 1 aliphatic rings. The fourth-order valence-electron chi connectivity index (χ4n) is 8.86. The summed E-state index contributed by atoms with van der Waals surface area (Å²) in [6.07, 6.45) is 4.12. The minimum absolute atomic E-state index is 0.490. The molecule has 0 saturated heterocycles. The topological polar surface area (TPSA) is 30.2 Å². The van der Waals surface area contributed by atoms with Crippen molar-refractivity contribution < 1.29 is 0 Å². The molecule has 0 amide bonds. The van der Waals surface area contributed by atoms with Crippen molar-refractivity contribution in [3.05, 3.63) is 223 Å². The maximum absolute atomic E-state index is 5.44. The van der Waals surface area contributed by atoms with Crippen molar-refractivity contribution in [1.29, 1.82) is 0 Å². The fraction of sp³-hybridized carbons (Fsp3) is 0.0196. The number of hydrogen-bond donors (Lipinski definition) is 0. The lowest BCUT2D eigenvalue weighted by Crippen LogP contribution is -2.28. The first kappa shape index (κ1) is 30.5. The van der Waals surface area contributed by atoms with E-state index in [2.05, 4.69) is 180 Å². The summed E-state index contributed by atoms with van der Waals surface area (Å²) in [5.74, 6) is 0. The number of para-hydroxylation sites is 1. The fourth-order valence-corrected chi connectivity index (χ4v) is 8.86. The lowest BCUT2D eigenvalue weighted by atomic mass is 9.67. The zero-order chi connectivity index (χ0) is 35.6. The van der Waals surface area contributed by atoms with E-state index in [1.807, 2.05) is 24.4 Å². The van der Waals surface area contributed by atoms with Gasteiger partial charge in [-0.2, -0.15) is 0 Å². The molecule has 3 nitrogen and oxygen atoms in total. The predicted octanol–water partition coefficient (Wildman–Crippen LogP) is 12.4. The molecule has 0 spiro atoms. The first-order valence-corrected chi connectivity index (χ1v) is 18.5. The number of nitrogens with zero attached hydrogens (tertiary/aromatic N) is 3. The van der Waals surface area contributed by atoms with E-state index in [4.69, 9.17) is 9.97 Å². The van der Waals surface area contributed by atoms with E-state index in [1.54, 1.807) is 0 Å². The summed E-state index contributed by atoms with van der Waals surface area (Å²) in [6, 6.07) is 68.1. The van der Waals surface area contributed by atoms with Gasteiger partial charge in [0.1, 0.15) is 5.65 Å². The number of aromatic nitrogens is 3. The van der Waals surface area contributed by atoms with Crippen molar-refractivity contribution in [3.8, 4) is 44.8 Å². The molecule has 0 N–H and O–H groups in total. The van der Waals surface area contributed by atoms with Gasteiger partial charge >= 0.3 is 0 Å². The van der Waals surface area contributed by atoms with E-state index in [9.17, 15) is 0 Å². The number of hydrogen-bond acceptors (Lipinski definition) is 2. The molecule has 0 aliphatic heterocycles. The highest BCUT2D eigenvalue weighted by Gasteiger charge is 2.46. The van der Waals surface area contributed by atoms with Crippen molar-refractivity contribution in [2.75, 3.05) is 0 Å². The lowest BCUT2D eigenvalue weighted by Gasteiger charge is -2.34. The standard InChI is InChI=1S/C51H33N3/c1-3-16-38(17-4-1)51(39-18-5-2-6-19-39)45-22-9-7-20-40(45)43-31-42-41-21-8-10-23-47(41)53-50(44(42)32-46(43)51)37-15-13-14-36(30-37)34-25-27-35(28-26-34)48-33-54-29-12-11-24-49(54)52-48/h1-33H. The van der Waals surface area contributed by atoms with Gasteiger partial charge in [0, 0.05) is 34.3 Å². The van der Waals surface area contributed by atoms with E-state index in [1.165, 1.54) is 38.8 Å². The molecule has 252 valence electrons. The SMILES string of the molecule is c1ccc(C2(c3ccccc3)c3ccccc3-c3cc4c(cc32)c(-c2cccc(-c3ccc(-c5cn6ccccc6n5)cc3)c2)nc2ccccc24)cc1. The number of pyridine rings is 2. The Bertz CT molecular complexity index is 2960. The molecule has 0 saturated carbocycles. The molecule has 0 unspecified atom stereocenters. The summed E-state index contributed by atoms with van der Waals surface area (Å²) in [4.78, 5) is 10.3. The first-order valence-electron chi connectivity index (χ1n) is 18.5. The summed E-state index contributed by atoms with van der Waals surface area (Å²) in [6.45, 7) is 0. The van der Waals surface area contributed by atoms with Crippen LogP contribution in [0.15, 0.2) is 200 Å². The largest absolute Gasteiger partial charge is 0.306 e. The van der Waals surface area contributed by atoms with E-state index < -0.39 is 5.41 Å². The molecule has 3 heteroatoms. The van der Waals surface area contributed by atoms with Gasteiger partial charge in [-0.25, -0.2) is 9.97 Å². The van der Waals surface area contributed by atoms with Crippen LogP contribution in [0.3, 0.4) is 0 Å². The van der Waals surface area contributed by atoms with E-state index in [0.717, 1.165) is 55.6 Å². The Morgan fingerprint density at radius 1 is 0.407 bits per heavy atom. The summed E-state index contributed by atoms with van der Waals surface area (Å²) in [7, 11) is 0. The van der Waals surface area contributed by atoms with E-state index in [0.29, 0.717) is 0 Å². The molecule has 3 aromatic heterocycles. The maximum Gasteiger partial charge on any atom is 0.137 e. The molecule has 0 bridgehead atoms. The van der Waals surface area contributed by atoms with Crippen LogP contribution in [0.5, 0.6) is 0 Å². The predicted molar refractivity (Wildman–Crippen MR) is 222 cm³/mol. The monoisotopic (exact) mass is 687 g/mol. The summed E-state index contributed by atoms with van der Waals surface area (Å²) >= 11 is 0. The minimum Gasteiger partial charge on any atom is -0.306 e. The molecule has 7 aromatic carbocycles. The van der Waals surface area contributed by atoms with Gasteiger partial charge in [0.15, 0.2) is 0 Å². The Kier molecular flexibility index (Phi) is 6.77. The van der Waals surface area contributed by atoms with Gasteiger partial charge in [0.05, 0.1) is 22.3 Å². The molecule has 10 aromatic rings. The van der Waals surface area contributed by atoms with Gasteiger partial charge < -0.3 is 4.40 Å². The number of imidazole rings is 1. The highest BCUT2D eigenvalue weighted by Crippen LogP contribution is 2.57. The van der Waals surface area contributed by atoms with Crippen LogP contribution in [-0.4, -0.2) is 14.4 Å². The molecule has 0 atom stereocenters. The summed E-state index contributed by atoms with van der Waals surface area (Å²) in [5, 5.41) is 3.52. The van der Waals surface area contributed by atoms with Gasteiger partial charge in [-0.05, 0) is 86.3 Å². The quantitative estimate of drug-likeness (QED) is 0.169. The molecule has 0 radical (unpaired) electrons. The second kappa shape index (κ2) is 12.0. The smallest absolute Gasteiger partial charge is 0.137 e. The third-order valence-electron chi connectivity index (χ3n) is 11.3. The second-order valence-electron chi connectivity index (χ2n) is 14.2. The average Bonchev–Trinajstić information content (AvgIpc) is 3.81. The van der Waals surface area contributed by atoms with Crippen molar-refractivity contribution in [2.24, 2.45) is 0 Å². The van der Waals surface area contributed by atoms with Gasteiger partial charge in [-0.3, -0.25) is 0 Å². The Hall–Kier alpha value is -7.10. The Labute approximate surface area is 313 Å². The Balaban J connectivity index is 1.13. The molecule has 3 heterocycles. The summed E-state index contributed by atoms with van der Waals surface area (Å²) < 4.78 is 2.06. The van der Waals surface area contributed by atoms with Crippen LogP contribution in [0.4, 0.5) is 0 Å². The van der Waals surface area contributed by atoms with Gasteiger partial charge in [0.2, 0.25) is 0 Å². The third kappa shape index (κ3) is 4.55. The van der Waals surface area contributed by atoms with Gasteiger partial charge in [0.25, 0.3) is 0 Å². The van der Waals surface area contributed by atoms with Crippen LogP contribution in [0, 0.1) is 0 Å². The van der Waals surface area contributed by atoms with E-state index >= 15 is 0 Å². The Morgan fingerprint density at radius 3 is 1.89 bits per heavy atom. The van der Waals surface area contributed by atoms with Crippen LogP contribution in [0.1, 0.15) is 22.3 Å². The number of rotatable bonds is 5. The average molecular weight is 688 g/mol. The highest BCUT2D eigenvalue weighted by molar-refractivity contribution is 6.13. The molecular formula is C51H33N3. The van der Waals surface area contributed by atoms with Crippen LogP contribution in [0.2, 0.25) is 0 Å². The highest BCUT2D eigenvalue weighted by atomic mass is 15.0. The van der Waals surface area contributed by atoms with Crippen LogP contribution < -0.4 is 0 Å². The molecule has 11 rings (SSSR count). The Morgan fingerprint density at radius 2 is 1.09 bits per heavy atom.